The van der Waals surface area contributed by atoms with Crippen LogP contribution in [-0.4, -0.2) is 31.9 Å². The van der Waals surface area contributed by atoms with Gasteiger partial charge in [0.05, 0.1) is 6.20 Å². The van der Waals surface area contributed by atoms with Crippen molar-refractivity contribution in [1.29, 1.82) is 0 Å². The molecule has 3 heterocycles. The first-order valence-electron chi connectivity index (χ1n) is 7.95. The van der Waals surface area contributed by atoms with E-state index in [1.54, 1.807) is 15.9 Å². The second kappa shape index (κ2) is 7.77. The molecule has 9 heteroatoms. The summed E-state index contributed by atoms with van der Waals surface area (Å²) in [7, 11) is 0. The lowest BCUT2D eigenvalue weighted by Crippen LogP contribution is -2.12. The number of imidazole rings is 1. The number of hydrogen-bond donors (Lipinski definition) is 0. The van der Waals surface area contributed by atoms with Crippen molar-refractivity contribution in [3.63, 3.8) is 0 Å². The first-order valence-corrected chi connectivity index (χ1v) is 10.1. The van der Waals surface area contributed by atoms with Crippen molar-refractivity contribution in [1.82, 2.24) is 19.7 Å². The van der Waals surface area contributed by atoms with Crippen LogP contribution in [0.3, 0.4) is 0 Å². The number of rotatable bonds is 6. The van der Waals surface area contributed by atoms with Gasteiger partial charge in [-0.3, -0.25) is 4.57 Å². The molecule has 0 aliphatic heterocycles. The SMILES string of the molecule is CSc1ncc(C(=O)OCc2nc(-c3ccsc3)no2)n1-c1ccccc1. The number of hydrogen-bond acceptors (Lipinski definition) is 8. The highest BCUT2D eigenvalue weighted by molar-refractivity contribution is 7.98. The Morgan fingerprint density at radius 2 is 2.15 bits per heavy atom. The first-order chi connectivity index (χ1) is 13.3. The monoisotopic (exact) mass is 398 g/mol. The highest BCUT2D eigenvalue weighted by Gasteiger charge is 2.20. The average Bonchev–Trinajstić information content (AvgIpc) is 3.46. The molecule has 7 nitrogen and oxygen atoms in total. The third-order valence-electron chi connectivity index (χ3n) is 3.71. The zero-order chi connectivity index (χ0) is 18.6. The van der Waals surface area contributed by atoms with Crippen LogP contribution in [0.4, 0.5) is 0 Å². The Hall–Kier alpha value is -2.91. The molecule has 0 amide bonds. The predicted octanol–water partition coefficient (Wildman–Crippen LogP) is 4.06. The lowest BCUT2D eigenvalue weighted by Gasteiger charge is -2.10. The molecule has 1 aromatic carbocycles. The smallest absolute Gasteiger partial charge is 0.357 e. The molecule has 27 heavy (non-hydrogen) atoms. The molecular weight excluding hydrogens is 384 g/mol. The van der Waals surface area contributed by atoms with Gasteiger partial charge in [-0.1, -0.05) is 35.1 Å². The Morgan fingerprint density at radius 3 is 2.89 bits per heavy atom. The van der Waals surface area contributed by atoms with E-state index in [0.717, 1.165) is 11.3 Å². The maximum absolute atomic E-state index is 12.6. The summed E-state index contributed by atoms with van der Waals surface area (Å²) in [6.07, 6.45) is 3.41. The van der Waals surface area contributed by atoms with Crippen LogP contribution in [-0.2, 0) is 11.3 Å². The zero-order valence-corrected chi connectivity index (χ0v) is 15.9. The Morgan fingerprint density at radius 1 is 1.30 bits per heavy atom. The largest absolute Gasteiger partial charge is 0.451 e. The van der Waals surface area contributed by atoms with Gasteiger partial charge < -0.3 is 9.26 Å². The molecule has 0 radical (unpaired) electrons. The number of carbonyl (C=O) groups is 1. The van der Waals surface area contributed by atoms with Gasteiger partial charge in [0, 0.05) is 16.6 Å². The van der Waals surface area contributed by atoms with Crippen LogP contribution in [0.15, 0.2) is 63.0 Å². The van der Waals surface area contributed by atoms with E-state index < -0.39 is 5.97 Å². The van der Waals surface area contributed by atoms with Gasteiger partial charge >= 0.3 is 5.97 Å². The fraction of sp³-hybridized carbons (Fsp3) is 0.111. The fourth-order valence-electron chi connectivity index (χ4n) is 2.47. The molecule has 0 spiro atoms. The van der Waals surface area contributed by atoms with Crippen LogP contribution >= 0.6 is 23.1 Å². The normalized spacial score (nSPS) is 10.9. The number of thiophene rings is 1. The predicted molar refractivity (Wildman–Crippen MR) is 102 cm³/mol. The number of esters is 1. The molecule has 0 aliphatic rings. The van der Waals surface area contributed by atoms with Gasteiger partial charge in [0.25, 0.3) is 5.89 Å². The van der Waals surface area contributed by atoms with E-state index in [1.807, 2.05) is 53.4 Å². The van der Waals surface area contributed by atoms with E-state index in [4.69, 9.17) is 9.26 Å². The van der Waals surface area contributed by atoms with Crippen molar-refractivity contribution in [2.24, 2.45) is 0 Å². The van der Waals surface area contributed by atoms with Gasteiger partial charge in [-0.15, -0.1) is 0 Å². The molecule has 0 saturated heterocycles. The number of thioether (sulfide) groups is 1. The minimum Gasteiger partial charge on any atom is -0.451 e. The highest BCUT2D eigenvalue weighted by atomic mass is 32.2. The molecule has 4 aromatic rings. The number of ether oxygens (including phenoxy) is 1. The quantitative estimate of drug-likeness (QED) is 0.358. The average molecular weight is 398 g/mol. The summed E-state index contributed by atoms with van der Waals surface area (Å²) in [4.78, 5) is 21.1. The summed E-state index contributed by atoms with van der Waals surface area (Å²) in [5, 5.41) is 8.45. The molecule has 136 valence electrons. The Bertz CT molecular complexity index is 1040. The van der Waals surface area contributed by atoms with E-state index in [0.29, 0.717) is 16.7 Å². The third kappa shape index (κ3) is 3.64. The minimum absolute atomic E-state index is 0.107. The first kappa shape index (κ1) is 17.5. The summed E-state index contributed by atoms with van der Waals surface area (Å²) in [5.41, 5.74) is 2.04. The van der Waals surface area contributed by atoms with Gasteiger partial charge in [-0.25, -0.2) is 9.78 Å². The fourth-order valence-corrected chi connectivity index (χ4v) is 3.65. The second-order valence-electron chi connectivity index (χ2n) is 5.40. The minimum atomic E-state index is -0.512. The van der Waals surface area contributed by atoms with Crippen molar-refractivity contribution in [3.05, 3.63) is 64.9 Å². The molecule has 0 atom stereocenters. The van der Waals surface area contributed by atoms with E-state index in [9.17, 15) is 4.79 Å². The summed E-state index contributed by atoms with van der Waals surface area (Å²) in [6, 6.07) is 11.4. The van der Waals surface area contributed by atoms with Gasteiger partial charge in [0.2, 0.25) is 5.82 Å². The number of para-hydroxylation sites is 1. The molecule has 0 unspecified atom stereocenters. The van der Waals surface area contributed by atoms with Gasteiger partial charge in [0.1, 0.15) is 0 Å². The summed E-state index contributed by atoms with van der Waals surface area (Å²) in [5.74, 6) is 0.198. The Kier molecular flexibility index (Phi) is 5.03. The van der Waals surface area contributed by atoms with Crippen molar-refractivity contribution < 1.29 is 14.1 Å². The van der Waals surface area contributed by atoms with Gasteiger partial charge in [-0.05, 0) is 29.8 Å². The van der Waals surface area contributed by atoms with Crippen LogP contribution in [0.2, 0.25) is 0 Å². The van der Waals surface area contributed by atoms with Crippen LogP contribution in [0.1, 0.15) is 16.4 Å². The van der Waals surface area contributed by atoms with Crippen LogP contribution in [0.5, 0.6) is 0 Å². The molecule has 0 fully saturated rings. The van der Waals surface area contributed by atoms with E-state index in [2.05, 4.69) is 15.1 Å². The number of benzene rings is 1. The summed E-state index contributed by atoms with van der Waals surface area (Å²) in [6.45, 7) is -0.107. The molecule has 0 saturated carbocycles. The molecular formula is C18H14N4O3S2. The topological polar surface area (TPSA) is 83.0 Å². The van der Waals surface area contributed by atoms with E-state index in [1.165, 1.54) is 18.0 Å². The van der Waals surface area contributed by atoms with Gasteiger partial charge in [-0.2, -0.15) is 16.3 Å². The summed E-state index contributed by atoms with van der Waals surface area (Å²) < 4.78 is 12.3. The van der Waals surface area contributed by atoms with Crippen LogP contribution in [0.25, 0.3) is 17.1 Å². The standard InChI is InChI=1S/C18H14N4O3S2/c1-26-18-19-9-14(22(18)13-5-3-2-4-6-13)17(23)24-10-15-20-16(21-25-15)12-7-8-27-11-12/h2-9,11H,10H2,1H3. The third-order valence-corrected chi connectivity index (χ3v) is 5.05. The molecule has 0 N–H and O–H groups in total. The maximum Gasteiger partial charge on any atom is 0.357 e. The lowest BCUT2D eigenvalue weighted by molar-refractivity contribution is 0.0419. The number of nitrogens with zero attached hydrogens (tertiary/aromatic N) is 4. The number of aromatic nitrogens is 4. The Balaban J connectivity index is 1.52. The number of carbonyl (C=O) groups excluding carboxylic acids is 1. The van der Waals surface area contributed by atoms with Crippen molar-refractivity contribution in [2.75, 3.05) is 6.26 Å². The highest BCUT2D eigenvalue weighted by Crippen LogP contribution is 2.23. The van der Waals surface area contributed by atoms with Crippen molar-refractivity contribution >= 4 is 29.1 Å². The second-order valence-corrected chi connectivity index (χ2v) is 6.95. The lowest BCUT2D eigenvalue weighted by atomic mass is 10.3. The van der Waals surface area contributed by atoms with Crippen LogP contribution in [0, 0.1) is 0 Å². The van der Waals surface area contributed by atoms with Crippen molar-refractivity contribution in [3.8, 4) is 17.1 Å². The molecule has 0 aliphatic carbocycles. The van der Waals surface area contributed by atoms with E-state index in [-0.39, 0.29) is 12.5 Å². The summed E-state index contributed by atoms with van der Waals surface area (Å²) >= 11 is 2.99. The van der Waals surface area contributed by atoms with Crippen LogP contribution < -0.4 is 0 Å². The maximum atomic E-state index is 12.6. The molecule has 3 aromatic heterocycles. The van der Waals surface area contributed by atoms with Gasteiger partial charge in [0.15, 0.2) is 17.5 Å². The van der Waals surface area contributed by atoms with Crippen molar-refractivity contribution in [2.45, 2.75) is 11.8 Å². The zero-order valence-electron chi connectivity index (χ0n) is 14.2. The molecule has 4 rings (SSSR count). The molecule has 0 bridgehead atoms. The Labute approximate surface area is 163 Å². The van der Waals surface area contributed by atoms with E-state index >= 15 is 0 Å².